The molecule has 1 saturated heterocycles. The van der Waals surface area contributed by atoms with Gasteiger partial charge < -0.3 is 31.1 Å². The molecule has 1 aromatic rings. The summed E-state index contributed by atoms with van der Waals surface area (Å²) in [5, 5.41) is 27.1. The van der Waals surface area contributed by atoms with Gasteiger partial charge in [-0.1, -0.05) is 114 Å². The minimum absolute atomic E-state index is 0.171. The number of hydrogen-bond donors (Lipinski definition) is 5. The number of unbranched alkanes of at least 4 members (excludes halogenated alkanes) is 12. The summed E-state index contributed by atoms with van der Waals surface area (Å²) >= 11 is 0. The van der Waals surface area contributed by atoms with Crippen LogP contribution < -0.4 is 16.0 Å². The molecule has 0 radical (unpaired) electrons. The van der Waals surface area contributed by atoms with Crippen LogP contribution in [0.4, 0.5) is 4.79 Å². The summed E-state index contributed by atoms with van der Waals surface area (Å²) in [5.74, 6) is -4.23. The van der Waals surface area contributed by atoms with E-state index in [1.165, 1.54) is 76.5 Å². The van der Waals surface area contributed by atoms with Crippen molar-refractivity contribution >= 4 is 41.6 Å². The van der Waals surface area contributed by atoms with Gasteiger partial charge >= 0.3 is 12.1 Å². The number of nitrogens with zero attached hydrogens (tertiary/aromatic N) is 2. The highest BCUT2D eigenvalue weighted by atomic mass is 16.4. The minimum Gasteiger partial charge on any atom is -0.480 e. The third-order valence-corrected chi connectivity index (χ3v) is 10.2. The smallest absolute Gasteiger partial charge is 0.414 e. The molecule has 0 aromatic heterocycles. The van der Waals surface area contributed by atoms with E-state index in [-0.39, 0.29) is 38.1 Å². The van der Waals surface area contributed by atoms with Gasteiger partial charge in [-0.25, -0.2) is 14.5 Å². The Labute approximate surface area is 326 Å². The summed E-state index contributed by atoms with van der Waals surface area (Å²) < 4.78 is 0. The zero-order valence-corrected chi connectivity index (χ0v) is 33.4. The topological polar surface area (TPSA) is 203 Å². The lowest BCUT2D eigenvalue weighted by atomic mass is 10.0. The minimum atomic E-state index is -1.44. The zero-order chi connectivity index (χ0) is 40.8. The Morgan fingerprint density at radius 1 is 0.727 bits per heavy atom. The summed E-state index contributed by atoms with van der Waals surface area (Å²) in [7, 11) is 0. The van der Waals surface area contributed by atoms with E-state index in [9.17, 15) is 43.8 Å². The largest absolute Gasteiger partial charge is 0.480 e. The van der Waals surface area contributed by atoms with Gasteiger partial charge in [0, 0.05) is 19.4 Å². The molecule has 2 rings (SSSR count). The molecular formula is C41H65N5O9. The average Bonchev–Trinajstić information content (AvgIpc) is 3.65. The highest BCUT2D eigenvalue weighted by molar-refractivity contribution is 5.98. The van der Waals surface area contributed by atoms with Crippen LogP contribution in [-0.2, 0) is 28.8 Å². The van der Waals surface area contributed by atoms with E-state index in [4.69, 9.17) is 0 Å². The van der Waals surface area contributed by atoms with Crippen LogP contribution in [0.1, 0.15) is 155 Å². The Morgan fingerprint density at radius 2 is 1.27 bits per heavy atom. The number of nitrogens with one attached hydrogen (secondary N) is 3. The van der Waals surface area contributed by atoms with E-state index in [1.807, 2.05) is 0 Å². The molecule has 0 spiro atoms. The highest BCUT2D eigenvalue weighted by Crippen LogP contribution is 2.26. The molecule has 5 atom stereocenters. The second-order valence-corrected chi connectivity index (χ2v) is 14.8. The van der Waals surface area contributed by atoms with Gasteiger partial charge in [-0.05, 0) is 52.0 Å². The van der Waals surface area contributed by atoms with Gasteiger partial charge in [-0.2, -0.15) is 0 Å². The molecule has 0 bridgehead atoms. The Kier molecular flexibility index (Phi) is 21.7. The molecule has 1 aliphatic heterocycles. The monoisotopic (exact) mass is 771 g/mol. The van der Waals surface area contributed by atoms with Gasteiger partial charge in [-0.3, -0.25) is 24.0 Å². The third-order valence-electron chi connectivity index (χ3n) is 10.2. The van der Waals surface area contributed by atoms with E-state index in [0.29, 0.717) is 18.4 Å². The molecule has 0 unspecified atom stereocenters. The maximum atomic E-state index is 13.5. The Hall–Kier alpha value is -4.49. The summed E-state index contributed by atoms with van der Waals surface area (Å²) in [6.45, 7) is 6.88. The van der Waals surface area contributed by atoms with E-state index in [1.54, 1.807) is 37.3 Å². The molecule has 6 amide bonds. The summed E-state index contributed by atoms with van der Waals surface area (Å²) in [4.78, 5) is 90.9. The van der Waals surface area contributed by atoms with Crippen LogP contribution in [-0.4, -0.2) is 92.3 Å². The van der Waals surface area contributed by atoms with E-state index >= 15 is 0 Å². The summed E-state index contributed by atoms with van der Waals surface area (Å²) in [6.07, 6.45) is 14.3. The highest BCUT2D eigenvalue weighted by Gasteiger charge is 2.42. The van der Waals surface area contributed by atoms with Crippen molar-refractivity contribution in [3.63, 3.8) is 0 Å². The first-order chi connectivity index (χ1) is 26.3. The first kappa shape index (κ1) is 46.7. The molecule has 1 aromatic carbocycles. The van der Waals surface area contributed by atoms with Crippen LogP contribution in [0.2, 0.25) is 0 Å². The van der Waals surface area contributed by atoms with Crippen molar-refractivity contribution in [2.75, 3.05) is 6.54 Å². The lowest BCUT2D eigenvalue weighted by Crippen LogP contribution is -2.56. The van der Waals surface area contributed by atoms with Crippen molar-refractivity contribution in [3.8, 4) is 0 Å². The molecule has 0 aliphatic carbocycles. The van der Waals surface area contributed by atoms with Crippen molar-refractivity contribution in [1.82, 2.24) is 25.8 Å². The van der Waals surface area contributed by atoms with Crippen LogP contribution in [0, 0.1) is 0 Å². The SMILES string of the molecule is CCCCCCCCCCCCCCCC(=O)N[C@@H](CCC(=O)N[C@@H](C)C(=O)N[C@@H](C)C(=O)N1CCC[C@H]1C(=O)N(C(=O)O)[C@@H](C)c1ccccc1)C(=O)O. The number of benzene rings is 1. The van der Waals surface area contributed by atoms with Crippen molar-refractivity contribution in [2.24, 2.45) is 0 Å². The molecule has 1 aliphatic rings. The van der Waals surface area contributed by atoms with Crippen molar-refractivity contribution < 1.29 is 43.8 Å². The third kappa shape index (κ3) is 16.8. The fourth-order valence-corrected chi connectivity index (χ4v) is 6.91. The molecule has 0 saturated carbocycles. The predicted molar refractivity (Wildman–Crippen MR) is 209 cm³/mol. The number of carbonyl (C=O) groups is 7. The second-order valence-electron chi connectivity index (χ2n) is 14.8. The number of amides is 6. The van der Waals surface area contributed by atoms with Gasteiger partial charge in [-0.15, -0.1) is 0 Å². The van der Waals surface area contributed by atoms with Crippen LogP contribution in [0.3, 0.4) is 0 Å². The van der Waals surface area contributed by atoms with Crippen LogP contribution in [0.5, 0.6) is 0 Å². The molecule has 1 heterocycles. The van der Waals surface area contributed by atoms with Gasteiger partial charge in [0.15, 0.2) is 0 Å². The van der Waals surface area contributed by atoms with E-state index in [0.717, 1.165) is 24.2 Å². The molecule has 14 nitrogen and oxygen atoms in total. The summed E-state index contributed by atoms with van der Waals surface area (Å²) in [6, 6.07) is 3.44. The lowest BCUT2D eigenvalue weighted by Gasteiger charge is -2.32. The van der Waals surface area contributed by atoms with Crippen LogP contribution in [0.25, 0.3) is 0 Å². The standard InChI is InChI=1S/C41H65N5O9/c1-5-6-7-8-9-10-11-12-13-14-15-16-20-25-35(47)44-33(40(52)53)26-27-36(48)42-29(2)37(49)43-30(3)38(50)45-28-21-24-34(45)39(51)46(41(54)55)31(4)32-22-18-17-19-23-32/h17-19,22-23,29-31,33-34H,5-16,20-21,24-28H2,1-4H3,(H,42,48)(H,43,49)(H,44,47)(H,52,53)(H,54,55)/t29-,30-,31-,33-,34-/m0/s1. The average molecular weight is 772 g/mol. The quantitative estimate of drug-likeness (QED) is 0.0692. The van der Waals surface area contributed by atoms with Gasteiger partial charge in [0.05, 0.1) is 6.04 Å². The van der Waals surface area contributed by atoms with E-state index < -0.39 is 65.9 Å². The number of carboxylic acid groups (broad SMARTS) is 2. The fraction of sp³-hybridized carbons (Fsp3) is 0.683. The first-order valence-corrected chi connectivity index (χ1v) is 20.3. The van der Waals surface area contributed by atoms with Crippen molar-refractivity contribution in [1.29, 1.82) is 0 Å². The number of likely N-dealkylation sites (tertiary alicyclic amines) is 1. The number of imide groups is 1. The Morgan fingerprint density at radius 3 is 1.82 bits per heavy atom. The second kappa shape index (κ2) is 25.6. The molecular weight excluding hydrogens is 706 g/mol. The fourth-order valence-electron chi connectivity index (χ4n) is 6.91. The number of aliphatic carboxylic acids is 1. The zero-order valence-electron chi connectivity index (χ0n) is 33.4. The number of rotatable bonds is 26. The molecule has 1 fully saturated rings. The van der Waals surface area contributed by atoms with Crippen LogP contribution in [0.15, 0.2) is 30.3 Å². The number of carboxylic acids is 1. The molecule has 5 N–H and O–H groups in total. The molecule has 14 heteroatoms. The van der Waals surface area contributed by atoms with Gasteiger partial charge in [0.1, 0.15) is 24.2 Å². The molecule has 308 valence electrons. The Bertz CT molecular complexity index is 1390. The Balaban J connectivity index is 1.74. The first-order valence-electron chi connectivity index (χ1n) is 20.3. The van der Waals surface area contributed by atoms with Gasteiger partial charge in [0.2, 0.25) is 23.6 Å². The van der Waals surface area contributed by atoms with Gasteiger partial charge in [0.25, 0.3) is 5.91 Å². The van der Waals surface area contributed by atoms with Crippen molar-refractivity contribution in [3.05, 3.63) is 35.9 Å². The maximum absolute atomic E-state index is 13.5. The van der Waals surface area contributed by atoms with Crippen molar-refractivity contribution in [2.45, 2.75) is 173 Å². The number of hydrogen-bond acceptors (Lipinski definition) is 7. The van der Waals surface area contributed by atoms with Crippen LogP contribution >= 0.6 is 0 Å². The number of carbonyl (C=O) groups excluding carboxylic acids is 5. The maximum Gasteiger partial charge on any atom is 0.414 e. The summed E-state index contributed by atoms with van der Waals surface area (Å²) in [5.41, 5.74) is 0.620. The lowest BCUT2D eigenvalue weighted by molar-refractivity contribution is -0.145. The van der Waals surface area contributed by atoms with E-state index in [2.05, 4.69) is 22.9 Å². The normalized spacial score (nSPS) is 16.0. The molecule has 55 heavy (non-hydrogen) atoms. The predicted octanol–water partition coefficient (Wildman–Crippen LogP) is 6.09.